The fourth-order valence-corrected chi connectivity index (χ4v) is 1.70. The van der Waals surface area contributed by atoms with E-state index in [4.69, 9.17) is 11.6 Å². The molecule has 1 rings (SSSR count). The molecule has 5 heteroatoms. The van der Waals surface area contributed by atoms with Crippen LogP contribution in [-0.2, 0) is 9.53 Å². The van der Waals surface area contributed by atoms with Crippen molar-refractivity contribution in [3.05, 3.63) is 34.9 Å². The van der Waals surface area contributed by atoms with Crippen LogP contribution in [0.5, 0.6) is 0 Å². The highest BCUT2D eigenvalue weighted by atomic mass is 35.5. The van der Waals surface area contributed by atoms with Gasteiger partial charge in [-0.05, 0) is 24.6 Å². The Labute approximate surface area is 111 Å². The highest BCUT2D eigenvalue weighted by molar-refractivity contribution is 6.30. The number of methoxy groups -OCH3 is 1. The van der Waals surface area contributed by atoms with Crippen molar-refractivity contribution in [1.29, 1.82) is 0 Å². The summed E-state index contributed by atoms with van der Waals surface area (Å²) in [6.45, 7) is 0.500. The first-order valence-corrected chi connectivity index (χ1v) is 6.00. The van der Waals surface area contributed by atoms with Crippen molar-refractivity contribution >= 4 is 23.5 Å². The quantitative estimate of drug-likeness (QED) is 0.771. The van der Waals surface area contributed by atoms with Crippen LogP contribution in [0.25, 0.3) is 0 Å². The summed E-state index contributed by atoms with van der Waals surface area (Å²) in [5.74, 6) is -0.374. The first-order chi connectivity index (χ1) is 8.54. The Balaban J connectivity index is 2.49. The van der Waals surface area contributed by atoms with Crippen molar-refractivity contribution in [1.82, 2.24) is 4.90 Å². The van der Waals surface area contributed by atoms with Gasteiger partial charge in [-0.2, -0.15) is 0 Å². The second-order valence-electron chi connectivity index (χ2n) is 3.92. The average Bonchev–Trinajstić information content (AvgIpc) is 2.37. The molecule has 0 saturated carbocycles. The third kappa shape index (κ3) is 4.37. The molecule has 1 amide bonds. The van der Waals surface area contributed by atoms with Crippen LogP contribution in [0.2, 0.25) is 5.02 Å². The molecule has 98 valence electrons. The van der Waals surface area contributed by atoms with Crippen LogP contribution in [0, 0.1) is 0 Å². The summed E-state index contributed by atoms with van der Waals surface area (Å²) in [5.41, 5.74) is 0.545. The number of benzene rings is 1. The third-order valence-electron chi connectivity index (χ3n) is 2.52. The predicted octanol–water partition coefficient (Wildman–Crippen LogP) is 2.37. The van der Waals surface area contributed by atoms with Gasteiger partial charge in [-0.1, -0.05) is 17.7 Å². The minimum atomic E-state index is -0.265. The lowest BCUT2D eigenvalue weighted by molar-refractivity contribution is -0.140. The van der Waals surface area contributed by atoms with Crippen molar-refractivity contribution in [3.8, 4) is 0 Å². The number of amides is 1. The topological polar surface area (TPSA) is 46.6 Å². The van der Waals surface area contributed by atoms with Crippen LogP contribution in [0.4, 0.5) is 0 Å². The van der Waals surface area contributed by atoms with Crippen LogP contribution in [0.3, 0.4) is 0 Å². The predicted molar refractivity (Wildman–Crippen MR) is 69.7 cm³/mol. The molecule has 0 heterocycles. The lowest BCUT2D eigenvalue weighted by Gasteiger charge is -2.16. The zero-order valence-electron chi connectivity index (χ0n) is 10.5. The zero-order valence-corrected chi connectivity index (χ0v) is 11.2. The molecule has 18 heavy (non-hydrogen) atoms. The fourth-order valence-electron chi connectivity index (χ4n) is 1.51. The molecule has 0 aromatic heterocycles. The molecular weight excluding hydrogens is 254 g/mol. The van der Waals surface area contributed by atoms with Crippen LogP contribution in [-0.4, -0.2) is 37.5 Å². The molecule has 0 bridgehead atoms. The monoisotopic (exact) mass is 269 g/mol. The Morgan fingerprint density at radius 3 is 2.72 bits per heavy atom. The Morgan fingerprint density at radius 2 is 2.11 bits per heavy atom. The van der Waals surface area contributed by atoms with E-state index in [2.05, 4.69) is 4.74 Å². The van der Waals surface area contributed by atoms with Gasteiger partial charge < -0.3 is 9.64 Å². The summed E-state index contributed by atoms with van der Waals surface area (Å²) in [5, 5.41) is 0.531. The molecule has 0 aliphatic rings. The van der Waals surface area contributed by atoms with Crippen molar-refractivity contribution < 1.29 is 14.3 Å². The van der Waals surface area contributed by atoms with E-state index in [0.29, 0.717) is 30.0 Å². The molecule has 0 atom stereocenters. The highest BCUT2D eigenvalue weighted by Gasteiger charge is 2.12. The van der Waals surface area contributed by atoms with Gasteiger partial charge >= 0.3 is 5.97 Å². The maximum Gasteiger partial charge on any atom is 0.305 e. The zero-order chi connectivity index (χ0) is 13.5. The first-order valence-electron chi connectivity index (χ1n) is 5.62. The Kier molecular flexibility index (Phi) is 5.65. The SMILES string of the molecule is COC(=O)CCCN(C)C(=O)c1cccc(Cl)c1. The van der Waals surface area contributed by atoms with E-state index in [0.717, 1.165) is 0 Å². The van der Waals surface area contributed by atoms with Gasteiger partial charge in [-0.15, -0.1) is 0 Å². The van der Waals surface area contributed by atoms with E-state index in [1.807, 2.05) is 0 Å². The van der Waals surface area contributed by atoms with Gasteiger partial charge in [0.15, 0.2) is 0 Å². The van der Waals surface area contributed by atoms with Crippen molar-refractivity contribution in [2.45, 2.75) is 12.8 Å². The van der Waals surface area contributed by atoms with Crippen LogP contribution < -0.4 is 0 Å². The van der Waals surface area contributed by atoms with Crippen molar-refractivity contribution in [2.75, 3.05) is 20.7 Å². The number of hydrogen-bond donors (Lipinski definition) is 0. The average molecular weight is 270 g/mol. The molecule has 4 nitrogen and oxygen atoms in total. The van der Waals surface area contributed by atoms with Gasteiger partial charge in [0.05, 0.1) is 7.11 Å². The number of halogens is 1. The largest absolute Gasteiger partial charge is 0.469 e. The molecule has 0 N–H and O–H groups in total. The standard InChI is InChI=1S/C13H16ClNO3/c1-15(8-4-7-12(16)18-2)13(17)10-5-3-6-11(14)9-10/h3,5-6,9H,4,7-8H2,1-2H3. The molecule has 1 aromatic carbocycles. The van der Waals surface area contributed by atoms with Gasteiger partial charge in [0, 0.05) is 30.6 Å². The number of nitrogens with zero attached hydrogens (tertiary/aromatic N) is 1. The van der Waals surface area contributed by atoms with E-state index >= 15 is 0 Å². The molecule has 0 saturated heterocycles. The van der Waals surface area contributed by atoms with Crippen LogP contribution >= 0.6 is 11.6 Å². The number of ether oxygens (including phenoxy) is 1. The van der Waals surface area contributed by atoms with Gasteiger partial charge in [0.1, 0.15) is 0 Å². The Morgan fingerprint density at radius 1 is 1.39 bits per heavy atom. The van der Waals surface area contributed by atoms with E-state index in [9.17, 15) is 9.59 Å². The summed E-state index contributed by atoms with van der Waals surface area (Å²) >= 11 is 5.83. The Hall–Kier alpha value is -1.55. The summed E-state index contributed by atoms with van der Waals surface area (Å²) < 4.78 is 4.53. The van der Waals surface area contributed by atoms with Gasteiger partial charge in [-0.3, -0.25) is 9.59 Å². The molecule has 0 aliphatic carbocycles. The Bertz CT molecular complexity index is 434. The summed E-state index contributed by atoms with van der Waals surface area (Å²) in [6.07, 6.45) is 0.888. The fraction of sp³-hybridized carbons (Fsp3) is 0.385. The van der Waals surface area contributed by atoms with E-state index in [-0.39, 0.29) is 11.9 Å². The van der Waals surface area contributed by atoms with Crippen molar-refractivity contribution in [3.63, 3.8) is 0 Å². The molecule has 1 aromatic rings. The van der Waals surface area contributed by atoms with Crippen molar-refractivity contribution in [2.24, 2.45) is 0 Å². The van der Waals surface area contributed by atoms with Gasteiger partial charge in [-0.25, -0.2) is 0 Å². The second kappa shape index (κ2) is 7.01. The number of carbonyl (C=O) groups is 2. The minimum absolute atomic E-state index is 0.109. The molecule has 0 aliphatic heterocycles. The second-order valence-corrected chi connectivity index (χ2v) is 4.35. The van der Waals surface area contributed by atoms with E-state index in [1.165, 1.54) is 7.11 Å². The van der Waals surface area contributed by atoms with Gasteiger partial charge in [0.2, 0.25) is 0 Å². The first kappa shape index (κ1) is 14.5. The lowest BCUT2D eigenvalue weighted by atomic mass is 10.2. The van der Waals surface area contributed by atoms with E-state index < -0.39 is 0 Å². The third-order valence-corrected chi connectivity index (χ3v) is 2.76. The molecule has 0 unspecified atom stereocenters. The lowest BCUT2D eigenvalue weighted by Crippen LogP contribution is -2.28. The molecule has 0 radical (unpaired) electrons. The molecule has 0 fully saturated rings. The molecule has 0 spiro atoms. The minimum Gasteiger partial charge on any atom is -0.469 e. The number of carbonyl (C=O) groups excluding carboxylic acids is 2. The van der Waals surface area contributed by atoms with E-state index in [1.54, 1.807) is 36.2 Å². The summed E-state index contributed by atoms with van der Waals surface area (Å²) in [7, 11) is 3.05. The van der Waals surface area contributed by atoms with Gasteiger partial charge in [0.25, 0.3) is 5.91 Å². The smallest absolute Gasteiger partial charge is 0.305 e. The maximum absolute atomic E-state index is 12.0. The summed E-state index contributed by atoms with van der Waals surface area (Å²) in [4.78, 5) is 24.5. The normalized spacial score (nSPS) is 9.94. The van der Waals surface area contributed by atoms with Crippen LogP contribution in [0.1, 0.15) is 23.2 Å². The highest BCUT2D eigenvalue weighted by Crippen LogP contribution is 2.12. The maximum atomic E-state index is 12.0. The molecular formula is C13H16ClNO3. The van der Waals surface area contributed by atoms with Crippen LogP contribution in [0.15, 0.2) is 24.3 Å². The number of hydrogen-bond acceptors (Lipinski definition) is 3. The summed E-state index contributed by atoms with van der Waals surface area (Å²) in [6, 6.07) is 6.79. The number of esters is 1. The number of rotatable bonds is 5.